The number of carbonyl (C=O) groups excluding carboxylic acids is 1. The summed E-state index contributed by atoms with van der Waals surface area (Å²) >= 11 is 5.99. The highest BCUT2D eigenvalue weighted by atomic mass is 35.5. The fourth-order valence-corrected chi connectivity index (χ4v) is 5.82. The molecule has 2 fully saturated rings. The minimum atomic E-state index is -3.48. The zero-order chi connectivity index (χ0) is 21.7. The summed E-state index contributed by atoms with van der Waals surface area (Å²) in [5, 5.41) is 12.0. The van der Waals surface area contributed by atoms with Crippen molar-refractivity contribution in [2.24, 2.45) is 0 Å². The van der Waals surface area contributed by atoms with Crippen LogP contribution in [0.2, 0.25) is 5.02 Å². The van der Waals surface area contributed by atoms with Crippen LogP contribution in [-0.4, -0.2) is 73.6 Å². The Kier molecular flexibility index (Phi) is 7.71. The molecule has 1 amide bonds. The Morgan fingerprint density at radius 2 is 1.90 bits per heavy atom. The highest BCUT2D eigenvalue weighted by molar-refractivity contribution is 7.86. The van der Waals surface area contributed by atoms with Crippen molar-refractivity contribution in [2.45, 2.75) is 38.1 Å². The predicted molar refractivity (Wildman–Crippen MR) is 116 cm³/mol. The van der Waals surface area contributed by atoms with Crippen molar-refractivity contribution in [3.63, 3.8) is 0 Å². The molecule has 10 heteroatoms. The number of hydrogen-bond acceptors (Lipinski definition) is 5. The lowest BCUT2D eigenvalue weighted by Gasteiger charge is -2.38. The Bertz CT molecular complexity index is 904. The van der Waals surface area contributed by atoms with Crippen LogP contribution in [0.3, 0.4) is 0 Å². The molecule has 0 spiro atoms. The topological polar surface area (TPSA) is 96.8 Å². The molecular formula is C20H28ClN5O3S. The van der Waals surface area contributed by atoms with Crippen LogP contribution in [0.1, 0.15) is 37.7 Å². The first-order chi connectivity index (χ1) is 14.3. The Morgan fingerprint density at radius 1 is 1.23 bits per heavy atom. The van der Waals surface area contributed by atoms with Gasteiger partial charge < -0.3 is 5.32 Å². The maximum atomic E-state index is 13.0. The molecule has 0 radical (unpaired) electrons. The molecule has 8 nitrogen and oxygen atoms in total. The van der Waals surface area contributed by atoms with Crippen molar-refractivity contribution in [1.29, 1.82) is 5.26 Å². The highest BCUT2D eigenvalue weighted by Gasteiger charge is 2.34. The van der Waals surface area contributed by atoms with E-state index in [1.807, 2.05) is 11.0 Å². The van der Waals surface area contributed by atoms with Gasteiger partial charge in [-0.25, -0.2) is 0 Å². The van der Waals surface area contributed by atoms with Crippen LogP contribution in [-0.2, 0) is 15.0 Å². The maximum absolute atomic E-state index is 13.0. The average molecular weight is 454 g/mol. The molecule has 3 rings (SSSR count). The smallest absolute Gasteiger partial charge is 0.282 e. The molecule has 0 atom stereocenters. The van der Waals surface area contributed by atoms with Gasteiger partial charge in [0.1, 0.15) is 6.07 Å². The van der Waals surface area contributed by atoms with E-state index < -0.39 is 10.2 Å². The van der Waals surface area contributed by atoms with Crippen molar-refractivity contribution in [3.8, 4) is 6.07 Å². The summed E-state index contributed by atoms with van der Waals surface area (Å²) in [6.45, 7) is 1.91. The summed E-state index contributed by atoms with van der Waals surface area (Å²) in [6.07, 6.45) is 5.19. The first kappa shape index (κ1) is 23.0. The van der Waals surface area contributed by atoms with Crippen molar-refractivity contribution in [2.75, 3.05) is 45.1 Å². The van der Waals surface area contributed by atoms with Crippen LogP contribution in [0.4, 0.5) is 5.69 Å². The van der Waals surface area contributed by atoms with E-state index in [4.69, 9.17) is 16.9 Å². The van der Waals surface area contributed by atoms with Gasteiger partial charge >= 0.3 is 0 Å². The summed E-state index contributed by atoms with van der Waals surface area (Å²) < 4.78 is 29.0. The third-order valence-corrected chi connectivity index (χ3v) is 8.21. The number of carbonyl (C=O) groups is 1. The Morgan fingerprint density at radius 3 is 2.50 bits per heavy atom. The van der Waals surface area contributed by atoms with Crippen molar-refractivity contribution >= 4 is 33.4 Å². The number of rotatable bonds is 6. The number of nitriles is 1. The van der Waals surface area contributed by atoms with E-state index in [0.717, 1.165) is 25.7 Å². The normalized spacial score (nSPS) is 19.5. The summed E-state index contributed by atoms with van der Waals surface area (Å²) in [5.74, 6) is -0.202. The minimum absolute atomic E-state index is 0.0896. The second-order valence-electron chi connectivity index (χ2n) is 7.85. The van der Waals surface area contributed by atoms with Gasteiger partial charge in [-0.3, -0.25) is 9.69 Å². The van der Waals surface area contributed by atoms with E-state index in [1.54, 1.807) is 29.6 Å². The SMILES string of the molecule is CN(C1CCCCC1)S(=O)(=O)N1CCN(CC(=O)Nc2ccc(C#N)c(Cl)c2)CC1. The molecule has 30 heavy (non-hydrogen) atoms. The fourth-order valence-electron chi connectivity index (χ4n) is 4.02. The van der Waals surface area contributed by atoms with Crippen molar-refractivity contribution in [1.82, 2.24) is 13.5 Å². The van der Waals surface area contributed by atoms with E-state index in [2.05, 4.69) is 5.32 Å². The molecule has 1 aromatic carbocycles. The monoisotopic (exact) mass is 453 g/mol. The van der Waals surface area contributed by atoms with Crippen LogP contribution in [0.15, 0.2) is 18.2 Å². The first-order valence-corrected chi connectivity index (χ1v) is 12.0. The second-order valence-corrected chi connectivity index (χ2v) is 10.2. The molecule has 1 aromatic rings. The number of anilines is 1. The number of piperazine rings is 1. The first-order valence-electron chi connectivity index (χ1n) is 10.3. The van der Waals surface area contributed by atoms with Crippen LogP contribution in [0, 0.1) is 11.3 Å². The van der Waals surface area contributed by atoms with Crippen molar-refractivity contribution in [3.05, 3.63) is 28.8 Å². The molecule has 2 aliphatic rings. The van der Waals surface area contributed by atoms with Crippen molar-refractivity contribution < 1.29 is 13.2 Å². The minimum Gasteiger partial charge on any atom is -0.325 e. The van der Waals surface area contributed by atoms with E-state index in [0.29, 0.717) is 37.4 Å². The molecule has 0 unspecified atom stereocenters. The van der Waals surface area contributed by atoms with Gasteiger partial charge in [0.15, 0.2) is 0 Å². The third-order valence-electron chi connectivity index (χ3n) is 5.85. The van der Waals surface area contributed by atoms with Gasteiger partial charge in [0.2, 0.25) is 5.91 Å². The van der Waals surface area contributed by atoms with Gasteiger partial charge in [-0.15, -0.1) is 0 Å². The lowest BCUT2D eigenvalue weighted by molar-refractivity contribution is -0.117. The lowest BCUT2D eigenvalue weighted by Crippen LogP contribution is -2.55. The summed E-state index contributed by atoms with van der Waals surface area (Å²) in [4.78, 5) is 14.3. The van der Waals surface area contributed by atoms with Crippen LogP contribution in [0.25, 0.3) is 0 Å². The number of amides is 1. The lowest BCUT2D eigenvalue weighted by atomic mass is 9.96. The predicted octanol–water partition coefficient (Wildman–Crippen LogP) is 2.28. The number of halogens is 1. The molecule has 1 heterocycles. The molecule has 1 saturated heterocycles. The number of hydrogen-bond donors (Lipinski definition) is 1. The van der Waals surface area contributed by atoms with E-state index in [1.165, 1.54) is 10.7 Å². The van der Waals surface area contributed by atoms with E-state index >= 15 is 0 Å². The van der Waals surface area contributed by atoms with Crippen LogP contribution in [0.5, 0.6) is 0 Å². The van der Waals surface area contributed by atoms with E-state index in [9.17, 15) is 13.2 Å². The van der Waals surface area contributed by atoms with E-state index in [-0.39, 0.29) is 23.5 Å². The van der Waals surface area contributed by atoms with Gasteiger partial charge in [0.05, 0.1) is 17.1 Å². The zero-order valence-electron chi connectivity index (χ0n) is 17.2. The Labute approximate surface area is 183 Å². The molecule has 1 aliphatic heterocycles. The standard InChI is InChI=1S/C20H28ClN5O3S/c1-24(18-5-3-2-4-6-18)30(28,29)26-11-9-25(10-12-26)15-20(27)23-17-8-7-16(14-22)19(21)13-17/h7-8,13,18H,2-6,9-12,15H2,1H3,(H,23,27). The van der Waals surface area contributed by atoms with Crippen LogP contribution < -0.4 is 5.32 Å². The van der Waals surface area contributed by atoms with Gasteiger partial charge in [0.25, 0.3) is 10.2 Å². The second kappa shape index (κ2) is 10.1. The molecular weight excluding hydrogens is 426 g/mol. The number of nitrogens with zero attached hydrogens (tertiary/aromatic N) is 4. The summed E-state index contributed by atoms with van der Waals surface area (Å²) in [5.41, 5.74) is 0.879. The molecule has 164 valence electrons. The quantitative estimate of drug-likeness (QED) is 0.712. The number of nitrogens with one attached hydrogen (secondary N) is 1. The van der Waals surface area contributed by atoms with Gasteiger partial charge in [0, 0.05) is 45.0 Å². The molecule has 1 saturated carbocycles. The average Bonchev–Trinajstić information content (AvgIpc) is 2.74. The zero-order valence-corrected chi connectivity index (χ0v) is 18.8. The highest BCUT2D eigenvalue weighted by Crippen LogP contribution is 2.25. The number of benzene rings is 1. The third kappa shape index (κ3) is 5.50. The van der Waals surface area contributed by atoms with Crippen LogP contribution >= 0.6 is 11.6 Å². The Balaban J connectivity index is 1.49. The Hall–Kier alpha value is -1.70. The fraction of sp³-hybridized carbons (Fsp3) is 0.600. The largest absolute Gasteiger partial charge is 0.325 e. The molecule has 0 aromatic heterocycles. The molecule has 1 aliphatic carbocycles. The molecule has 1 N–H and O–H groups in total. The summed E-state index contributed by atoms with van der Waals surface area (Å²) in [6, 6.07) is 6.80. The maximum Gasteiger partial charge on any atom is 0.282 e. The van der Waals surface area contributed by atoms with Gasteiger partial charge in [-0.05, 0) is 31.0 Å². The van der Waals surface area contributed by atoms with Gasteiger partial charge in [-0.2, -0.15) is 22.3 Å². The van der Waals surface area contributed by atoms with Gasteiger partial charge in [-0.1, -0.05) is 30.9 Å². The molecule has 0 bridgehead atoms. The summed E-state index contributed by atoms with van der Waals surface area (Å²) in [7, 11) is -1.79.